The fraction of sp³-hybridized carbons (Fsp3) is 0.0204. The lowest BCUT2D eigenvalue weighted by molar-refractivity contribution is 0.669. The van der Waals surface area contributed by atoms with Crippen LogP contribution in [-0.4, -0.2) is 11.3 Å². The van der Waals surface area contributed by atoms with Crippen LogP contribution in [0.5, 0.6) is 0 Å². The van der Waals surface area contributed by atoms with Crippen molar-refractivity contribution in [1.82, 2.24) is 4.57 Å². The van der Waals surface area contributed by atoms with Crippen LogP contribution in [0.1, 0.15) is 0 Å². The van der Waals surface area contributed by atoms with E-state index in [0.717, 1.165) is 66.4 Å². The third kappa shape index (κ3) is 4.09. The molecule has 0 spiro atoms. The number of hydrogen-bond donors (Lipinski definition) is 1. The first-order valence-electron chi connectivity index (χ1n) is 18.6. The molecule has 1 aliphatic heterocycles. The van der Waals surface area contributed by atoms with Crippen LogP contribution in [0.4, 0.5) is 11.4 Å². The Bertz CT molecular complexity index is 3330. The molecule has 0 unspecified atom stereocenters. The maximum Gasteiger partial charge on any atom is 0.212 e. The highest BCUT2D eigenvalue weighted by Gasteiger charge is 2.34. The van der Waals surface area contributed by atoms with E-state index < -0.39 is 0 Å². The minimum absolute atomic E-state index is 0.0728. The number of rotatable bonds is 4. The van der Waals surface area contributed by atoms with Gasteiger partial charge in [-0.3, -0.25) is 0 Å². The zero-order valence-corrected chi connectivity index (χ0v) is 29.4. The third-order valence-corrected chi connectivity index (χ3v) is 11.6. The van der Waals surface area contributed by atoms with E-state index in [-0.39, 0.29) is 6.71 Å². The molecule has 12 rings (SSSR count). The molecule has 0 fully saturated rings. The van der Waals surface area contributed by atoms with Gasteiger partial charge in [-0.05, 0) is 94.3 Å². The number of para-hydroxylation sites is 5. The molecule has 0 amide bonds. The summed E-state index contributed by atoms with van der Waals surface area (Å²) in [7, 11) is 0. The number of nitrogens with zero attached hydrogens (tertiary/aromatic N) is 1. The van der Waals surface area contributed by atoms with Gasteiger partial charge in [0.25, 0.3) is 0 Å². The minimum atomic E-state index is 0.0728. The Morgan fingerprint density at radius 1 is 0.500 bits per heavy atom. The lowest BCUT2D eigenvalue weighted by Gasteiger charge is -2.28. The van der Waals surface area contributed by atoms with Crippen molar-refractivity contribution in [3.63, 3.8) is 0 Å². The number of anilines is 2. The number of nitrogens with one attached hydrogen (secondary N) is 1. The van der Waals surface area contributed by atoms with Crippen molar-refractivity contribution < 1.29 is 8.83 Å². The molecule has 0 atom stereocenters. The fourth-order valence-electron chi connectivity index (χ4n) is 9.20. The molecule has 11 aromatic rings. The molecular formula is C49H31BN2O2. The van der Waals surface area contributed by atoms with Crippen molar-refractivity contribution >= 4 is 94.7 Å². The van der Waals surface area contributed by atoms with Gasteiger partial charge in [0, 0.05) is 54.9 Å². The molecule has 54 heavy (non-hydrogen) atoms. The smallest absolute Gasteiger partial charge is 0.212 e. The lowest BCUT2D eigenvalue weighted by Crippen LogP contribution is -2.46. The average molecular weight is 691 g/mol. The van der Waals surface area contributed by atoms with Crippen molar-refractivity contribution in [2.24, 2.45) is 0 Å². The summed E-state index contributed by atoms with van der Waals surface area (Å²) in [6, 6.07) is 58.5. The van der Waals surface area contributed by atoms with E-state index in [1.165, 1.54) is 49.5 Å². The van der Waals surface area contributed by atoms with Crippen LogP contribution in [0.2, 0.25) is 6.82 Å². The van der Waals surface area contributed by atoms with Crippen LogP contribution in [0.25, 0.3) is 93.6 Å². The molecular weight excluding hydrogens is 659 g/mol. The SMILES string of the molecule is CB1c2cc3oc4ccccc4c3cc2-n2c3ccccc3c3c(-c4ccc5c(c4)oc4ccccc45)cc(-c4ccccc4Nc4ccccc4)c1c32. The Hall–Kier alpha value is -6.98. The van der Waals surface area contributed by atoms with Crippen LogP contribution < -0.4 is 16.2 Å². The Morgan fingerprint density at radius 3 is 1.96 bits per heavy atom. The van der Waals surface area contributed by atoms with Crippen molar-refractivity contribution in [2.45, 2.75) is 6.82 Å². The third-order valence-electron chi connectivity index (χ3n) is 11.6. The van der Waals surface area contributed by atoms with Crippen LogP contribution in [0.3, 0.4) is 0 Å². The van der Waals surface area contributed by atoms with Crippen molar-refractivity contribution in [1.29, 1.82) is 0 Å². The molecule has 1 N–H and O–H groups in total. The second-order valence-corrected chi connectivity index (χ2v) is 14.5. The monoisotopic (exact) mass is 690 g/mol. The van der Waals surface area contributed by atoms with E-state index in [0.29, 0.717) is 0 Å². The Labute approximate surface area is 310 Å². The van der Waals surface area contributed by atoms with Crippen LogP contribution in [0.15, 0.2) is 173 Å². The van der Waals surface area contributed by atoms with Gasteiger partial charge in [-0.25, -0.2) is 0 Å². The normalized spacial score (nSPS) is 12.5. The van der Waals surface area contributed by atoms with Gasteiger partial charge in [0.15, 0.2) is 0 Å². The minimum Gasteiger partial charge on any atom is -0.456 e. The average Bonchev–Trinajstić information content (AvgIpc) is 3.89. The Kier molecular flexibility index (Phi) is 6.04. The Balaban J connectivity index is 1.22. The van der Waals surface area contributed by atoms with Crippen molar-refractivity contribution in [3.8, 4) is 27.9 Å². The predicted octanol–water partition coefficient (Wildman–Crippen LogP) is 12.2. The molecule has 3 aromatic heterocycles. The highest BCUT2D eigenvalue weighted by molar-refractivity contribution is 6.88. The topological polar surface area (TPSA) is 43.2 Å². The fourth-order valence-corrected chi connectivity index (χ4v) is 9.20. The van der Waals surface area contributed by atoms with Gasteiger partial charge in [0.05, 0.1) is 11.0 Å². The summed E-state index contributed by atoms with van der Waals surface area (Å²) in [4.78, 5) is 0. The van der Waals surface area contributed by atoms with Crippen LogP contribution in [0, 0.1) is 0 Å². The molecule has 0 aliphatic carbocycles. The van der Waals surface area contributed by atoms with E-state index >= 15 is 0 Å². The molecule has 4 heterocycles. The zero-order valence-electron chi connectivity index (χ0n) is 29.4. The maximum absolute atomic E-state index is 6.50. The second-order valence-electron chi connectivity index (χ2n) is 14.5. The molecule has 0 bridgehead atoms. The van der Waals surface area contributed by atoms with Gasteiger partial charge in [0.2, 0.25) is 6.71 Å². The molecule has 0 radical (unpaired) electrons. The van der Waals surface area contributed by atoms with Gasteiger partial charge >= 0.3 is 0 Å². The lowest BCUT2D eigenvalue weighted by atomic mass is 9.39. The highest BCUT2D eigenvalue weighted by atomic mass is 16.3. The zero-order chi connectivity index (χ0) is 35.5. The number of hydrogen-bond acceptors (Lipinski definition) is 3. The quantitative estimate of drug-likeness (QED) is 0.187. The van der Waals surface area contributed by atoms with E-state index in [4.69, 9.17) is 8.83 Å². The Morgan fingerprint density at radius 2 is 1.15 bits per heavy atom. The first-order chi connectivity index (χ1) is 26.7. The van der Waals surface area contributed by atoms with Gasteiger partial charge in [0.1, 0.15) is 22.3 Å². The molecule has 8 aromatic carbocycles. The molecule has 5 heteroatoms. The van der Waals surface area contributed by atoms with Crippen LogP contribution in [-0.2, 0) is 0 Å². The largest absolute Gasteiger partial charge is 0.456 e. The van der Waals surface area contributed by atoms with Gasteiger partial charge in [-0.1, -0.05) is 104 Å². The van der Waals surface area contributed by atoms with Crippen molar-refractivity contribution in [2.75, 3.05) is 5.32 Å². The first kappa shape index (κ1) is 29.6. The summed E-state index contributed by atoms with van der Waals surface area (Å²) in [5.41, 5.74) is 16.6. The molecule has 0 saturated heterocycles. The van der Waals surface area contributed by atoms with Gasteiger partial charge < -0.3 is 18.7 Å². The van der Waals surface area contributed by atoms with Crippen molar-refractivity contribution in [3.05, 3.63) is 164 Å². The van der Waals surface area contributed by atoms with E-state index in [1.807, 2.05) is 12.1 Å². The number of fused-ring (bicyclic) bond motifs is 11. The maximum atomic E-state index is 6.50. The summed E-state index contributed by atoms with van der Waals surface area (Å²) >= 11 is 0. The number of benzene rings is 8. The summed E-state index contributed by atoms with van der Waals surface area (Å²) in [5, 5.41) is 10.8. The second kappa shape index (κ2) is 11.0. The summed E-state index contributed by atoms with van der Waals surface area (Å²) in [6.07, 6.45) is 0. The summed E-state index contributed by atoms with van der Waals surface area (Å²) in [6.45, 7) is 2.43. The van der Waals surface area contributed by atoms with Crippen LogP contribution >= 0.6 is 0 Å². The standard InChI is InChI=1S/C49H31BN2O2/c1-50-39-28-46-37(33-17-8-12-22-44(33)54-46)27-42(39)52-41-20-10-6-18-35(41)47-36(29-23-24-34-32-16-7-11-21-43(32)53-45(34)25-29)26-38(48(50)49(47)52)31-15-5-9-19-40(31)51-30-13-3-2-4-14-30/h2-28,51H,1H3. The first-order valence-corrected chi connectivity index (χ1v) is 18.6. The van der Waals surface area contributed by atoms with Gasteiger partial charge in [-0.15, -0.1) is 0 Å². The highest BCUT2D eigenvalue weighted by Crippen LogP contribution is 2.45. The summed E-state index contributed by atoms with van der Waals surface area (Å²) in [5.74, 6) is 0. The predicted molar refractivity (Wildman–Crippen MR) is 227 cm³/mol. The molecule has 252 valence electrons. The van der Waals surface area contributed by atoms with Gasteiger partial charge in [-0.2, -0.15) is 0 Å². The summed E-state index contributed by atoms with van der Waals surface area (Å²) < 4.78 is 15.5. The van der Waals surface area contributed by atoms with E-state index in [9.17, 15) is 0 Å². The number of aromatic nitrogens is 1. The number of furan rings is 2. The molecule has 0 saturated carbocycles. The van der Waals surface area contributed by atoms with E-state index in [1.54, 1.807) is 0 Å². The van der Waals surface area contributed by atoms with E-state index in [2.05, 4.69) is 168 Å². The molecule has 1 aliphatic rings. The molecule has 4 nitrogen and oxygen atoms in total.